The van der Waals surface area contributed by atoms with Gasteiger partial charge in [0.25, 0.3) is 0 Å². The van der Waals surface area contributed by atoms with E-state index in [9.17, 15) is 5.11 Å². The van der Waals surface area contributed by atoms with Gasteiger partial charge in [0.2, 0.25) is 0 Å². The second-order valence-electron chi connectivity index (χ2n) is 2.86. The first-order valence-electron chi connectivity index (χ1n) is 3.95. The van der Waals surface area contributed by atoms with E-state index in [2.05, 4.69) is 20.8 Å². The Labute approximate surface area is 85.6 Å². The molecule has 1 aromatic carbocycles. The molecule has 0 unspecified atom stereocenters. The summed E-state index contributed by atoms with van der Waals surface area (Å²) in [6.07, 6.45) is 0.746. The summed E-state index contributed by atoms with van der Waals surface area (Å²) in [6, 6.07) is 3.78. The van der Waals surface area contributed by atoms with Crippen LogP contribution in [-0.2, 0) is 11.3 Å². The number of rotatable bonds is 3. The average Bonchev–Trinajstić information content (AvgIpc) is 2.10. The Balaban J connectivity index is 2.86. The van der Waals surface area contributed by atoms with E-state index < -0.39 is 0 Å². The zero-order valence-corrected chi connectivity index (χ0v) is 8.97. The molecule has 0 aliphatic carbocycles. The van der Waals surface area contributed by atoms with E-state index in [1.165, 1.54) is 0 Å². The molecule has 0 saturated heterocycles. The standard InChI is InChI=1S/C9H12BrNO2/c1-6-4-7(2-3-13-11)5-8(10)9(6)12/h4-5,12H,2-3,11H2,1H3. The summed E-state index contributed by atoms with van der Waals surface area (Å²) in [5, 5.41) is 9.45. The van der Waals surface area contributed by atoms with Crippen LogP contribution in [0.2, 0.25) is 0 Å². The predicted molar refractivity (Wildman–Crippen MR) is 54.4 cm³/mol. The van der Waals surface area contributed by atoms with Gasteiger partial charge in [0.1, 0.15) is 5.75 Å². The summed E-state index contributed by atoms with van der Waals surface area (Å²) in [5.74, 6) is 5.21. The lowest BCUT2D eigenvalue weighted by molar-refractivity contribution is 0.141. The van der Waals surface area contributed by atoms with E-state index >= 15 is 0 Å². The summed E-state index contributed by atoms with van der Waals surface area (Å²) >= 11 is 3.27. The molecule has 0 heterocycles. The minimum Gasteiger partial charge on any atom is -0.506 e. The van der Waals surface area contributed by atoms with Crippen molar-refractivity contribution in [2.45, 2.75) is 13.3 Å². The van der Waals surface area contributed by atoms with Crippen molar-refractivity contribution in [2.75, 3.05) is 6.61 Å². The summed E-state index contributed by atoms with van der Waals surface area (Å²) < 4.78 is 0.708. The van der Waals surface area contributed by atoms with E-state index in [0.717, 1.165) is 17.5 Å². The lowest BCUT2D eigenvalue weighted by Gasteiger charge is -2.05. The van der Waals surface area contributed by atoms with E-state index in [-0.39, 0.29) is 5.75 Å². The molecule has 3 nitrogen and oxygen atoms in total. The maximum atomic E-state index is 9.45. The zero-order valence-electron chi connectivity index (χ0n) is 7.38. The fraction of sp³-hybridized carbons (Fsp3) is 0.333. The van der Waals surface area contributed by atoms with Gasteiger partial charge in [-0.3, -0.25) is 0 Å². The van der Waals surface area contributed by atoms with Gasteiger partial charge in [0, 0.05) is 0 Å². The SMILES string of the molecule is Cc1cc(CCON)cc(Br)c1O. The molecule has 1 aromatic rings. The first kappa shape index (κ1) is 10.5. The van der Waals surface area contributed by atoms with Crippen molar-refractivity contribution in [3.63, 3.8) is 0 Å². The molecule has 0 fully saturated rings. The molecule has 0 bridgehead atoms. The largest absolute Gasteiger partial charge is 0.506 e. The Hall–Kier alpha value is -0.580. The first-order valence-corrected chi connectivity index (χ1v) is 4.74. The zero-order chi connectivity index (χ0) is 9.84. The number of phenolic OH excluding ortho intramolecular Hbond substituents is 1. The average molecular weight is 246 g/mol. The van der Waals surface area contributed by atoms with Gasteiger partial charge in [-0.15, -0.1) is 0 Å². The van der Waals surface area contributed by atoms with Gasteiger partial charge in [-0.25, -0.2) is 5.90 Å². The number of hydrogen-bond donors (Lipinski definition) is 2. The van der Waals surface area contributed by atoms with Crippen molar-refractivity contribution >= 4 is 15.9 Å². The number of nitrogens with two attached hydrogens (primary N) is 1. The van der Waals surface area contributed by atoms with Crippen molar-refractivity contribution < 1.29 is 9.94 Å². The van der Waals surface area contributed by atoms with Crippen LogP contribution >= 0.6 is 15.9 Å². The molecular formula is C9H12BrNO2. The van der Waals surface area contributed by atoms with E-state index in [1.807, 2.05) is 19.1 Å². The van der Waals surface area contributed by atoms with Crippen molar-refractivity contribution in [1.82, 2.24) is 0 Å². The molecule has 13 heavy (non-hydrogen) atoms. The van der Waals surface area contributed by atoms with Crippen LogP contribution in [0.1, 0.15) is 11.1 Å². The number of aryl methyl sites for hydroxylation is 1. The lowest BCUT2D eigenvalue weighted by Crippen LogP contribution is -2.03. The lowest BCUT2D eigenvalue weighted by atomic mass is 10.1. The highest BCUT2D eigenvalue weighted by atomic mass is 79.9. The van der Waals surface area contributed by atoms with Crippen LogP contribution in [0.5, 0.6) is 5.75 Å². The fourth-order valence-electron chi connectivity index (χ4n) is 1.13. The number of halogens is 1. The van der Waals surface area contributed by atoms with Gasteiger partial charge in [-0.1, -0.05) is 6.07 Å². The molecule has 72 valence electrons. The van der Waals surface area contributed by atoms with Crippen LogP contribution in [0.25, 0.3) is 0 Å². The van der Waals surface area contributed by atoms with Gasteiger partial charge in [-0.2, -0.15) is 0 Å². The third-order valence-corrected chi connectivity index (χ3v) is 2.43. The summed E-state index contributed by atoms with van der Waals surface area (Å²) in [4.78, 5) is 4.48. The van der Waals surface area contributed by atoms with Crippen LogP contribution in [0.3, 0.4) is 0 Å². The Kier molecular flexibility index (Phi) is 3.71. The van der Waals surface area contributed by atoms with Gasteiger partial charge in [-0.05, 0) is 46.5 Å². The molecule has 3 N–H and O–H groups in total. The van der Waals surface area contributed by atoms with Crippen LogP contribution in [0.4, 0.5) is 0 Å². The summed E-state index contributed by atoms with van der Waals surface area (Å²) in [7, 11) is 0. The molecule has 0 radical (unpaired) electrons. The molecule has 0 saturated carbocycles. The smallest absolute Gasteiger partial charge is 0.132 e. The van der Waals surface area contributed by atoms with Crippen molar-refractivity contribution in [3.05, 3.63) is 27.7 Å². The van der Waals surface area contributed by atoms with Crippen molar-refractivity contribution in [3.8, 4) is 5.75 Å². The van der Waals surface area contributed by atoms with Crippen LogP contribution in [0, 0.1) is 6.92 Å². The Morgan fingerprint density at radius 2 is 2.23 bits per heavy atom. The Morgan fingerprint density at radius 1 is 1.54 bits per heavy atom. The Morgan fingerprint density at radius 3 is 2.77 bits per heavy atom. The normalized spacial score (nSPS) is 10.4. The summed E-state index contributed by atoms with van der Waals surface area (Å²) in [6.45, 7) is 2.34. The second kappa shape index (κ2) is 4.60. The molecule has 0 aromatic heterocycles. The van der Waals surface area contributed by atoms with Crippen LogP contribution in [-0.4, -0.2) is 11.7 Å². The van der Waals surface area contributed by atoms with Crippen LogP contribution < -0.4 is 5.90 Å². The number of aromatic hydroxyl groups is 1. The highest BCUT2D eigenvalue weighted by Crippen LogP contribution is 2.28. The monoisotopic (exact) mass is 245 g/mol. The van der Waals surface area contributed by atoms with Gasteiger partial charge < -0.3 is 9.94 Å². The molecule has 0 amide bonds. The molecule has 0 aliphatic rings. The molecule has 4 heteroatoms. The molecular weight excluding hydrogens is 234 g/mol. The van der Waals surface area contributed by atoms with Crippen molar-refractivity contribution in [1.29, 1.82) is 0 Å². The van der Waals surface area contributed by atoms with E-state index in [1.54, 1.807) is 0 Å². The van der Waals surface area contributed by atoms with Gasteiger partial charge in [0.15, 0.2) is 0 Å². The maximum absolute atomic E-state index is 9.45. The van der Waals surface area contributed by atoms with Crippen molar-refractivity contribution in [2.24, 2.45) is 5.90 Å². The van der Waals surface area contributed by atoms with Crippen LogP contribution in [0.15, 0.2) is 16.6 Å². The topological polar surface area (TPSA) is 55.5 Å². The second-order valence-corrected chi connectivity index (χ2v) is 3.72. The molecule has 0 spiro atoms. The number of benzene rings is 1. The van der Waals surface area contributed by atoms with Gasteiger partial charge >= 0.3 is 0 Å². The molecule has 1 rings (SSSR count). The van der Waals surface area contributed by atoms with E-state index in [0.29, 0.717) is 11.1 Å². The first-order chi connectivity index (χ1) is 6.15. The van der Waals surface area contributed by atoms with Gasteiger partial charge in [0.05, 0.1) is 11.1 Å². The minimum absolute atomic E-state index is 0.289. The third kappa shape index (κ3) is 2.69. The fourth-order valence-corrected chi connectivity index (χ4v) is 1.74. The minimum atomic E-state index is 0.289. The molecule has 0 aliphatic heterocycles. The quantitative estimate of drug-likeness (QED) is 0.801. The number of hydrogen-bond acceptors (Lipinski definition) is 3. The Bertz CT molecular complexity index is 279. The van der Waals surface area contributed by atoms with E-state index in [4.69, 9.17) is 5.90 Å². The maximum Gasteiger partial charge on any atom is 0.132 e. The summed E-state index contributed by atoms with van der Waals surface area (Å²) in [5.41, 5.74) is 1.94. The molecule has 0 atom stereocenters. The highest BCUT2D eigenvalue weighted by molar-refractivity contribution is 9.10. The highest BCUT2D eigenvalue weighted by Gasteiger charge is 2.03. The number of phenols is 1. The predicted octanol–water partition coefficient (Wildman–Crippen LogP) is 1.90. The third-order valence-electron chi connectivity index (χ3n) is 1.82.